The maximum absolute atomic E-state index is 12.1. The largest absolute Gasteiger partial charge is 0.476 e. The summed E-state index contributed by atoms with van der Waals surface area (Å²) in [7, 11) is 1.36. The number of carbonyl (C=O) groups excluding carboxylic acids is 1. The zero-order chi connectivity index (χ0) is 19.2. The van der Waals surface area contributed by atoms with Gasteiger partial charge >= 0.3 is 5.97 Å². The first-order valence-corrected chi connectivity index (χ1v) is 9.29. The van der Waals surface area contributed by atoms with Gasteiger partial charge in [0.25, 0.3) is 0 Å². The lowest BCUT2D eigenvalue weighted by atomic mass is 10.0. The van der Waals surface area contributed by atoms with Crippen LogP contribution in [0.15, 0.2) is 30.5 Å². The van der Waals surface area contributed by atoms with Gasteiger partial charge in [-0.05, 0) is 23.6 Å². The van der Waals surface area contributed by atoms with Gasteiger partial charge in [-0.2, -0.15) is 5.10 Å². The van der Waals surface area contributed by atoms with Crippen molar-refractivity contribution in [3.8, 4) is 11.6 Å². The third kappa shape index (κ3) is 4.67. The van der Waals surface area contributed by atoms with Crippen LogP contribution in [0.3, 0.4) is 0 Å². The molecule has 1 aliphatic heterocycles. The Kier molecular flexibility index (Phi) is 6.47. The second-order valence-corrected chi connectivity index (χ2v) is 6.82. The molecule has 0 N–H and O–H groups in total. The summed E-state index contributed by atoms with van der Waals surface area (Å²) >= 11 is 0. The van der Waals surface area contributed by atoms with E-state index in [-0.39, 0.29) is 0 Å². The van der Waals surface area contributed by atoms with Crippen molar-refractivity contribution < 1.29 is 19.0 Å². The Bertz CT molecular complexity index is 749. The lowest BCUT2D eigenvalue weighted by Gasteiger charge is -2.26. The van der Waals surface area contributed by atoms with Gasteiger partial charge in [-0.3, -0.25) is 4.90 Å². The minimum atomic E-state index is -0.457. The van der Waals surface area contributed by atoms with Crippen molar-refractivity contribution >= 4 is 5.97 Å². The number of nitrogens with zero attached hydrogens (tertiary/aromatic N) is 3. The van der Waals surface area contributed by atoms with Crippen LogP contribution in [0.1, 0.15) is 35.7 Å². The Morgan fingerprint density at radius 2 is 1.93 bits per heavy atom. The van der Waals surface area contributed by atoms with E-state index in [9.17, 15) is 4.79 Å². The predicted molar refractivity (Wildman–Crippen MR) is 102 cm³/mol. The molecule has 1 aliphatic rings. The number of hydrogen-bond acceptors (Lipinski definition) is 6. The van der Waals surface area contributed by atoms with E-state index in [0.717, 1.165) is 38.5 Å². The van der Waals surface area contributed by atoms with Crippen molar-refractivity contribution in [1.29, 1.82) is 0 Å². The zero-order valence-corrected chi connectivity index (χ0v) is 16.2. The first-order chi connectivity index (χ1) is 13.1. The first-order valence-electron chi connectivity index (χ1n) is 9.29. The lowest BCUT2D eigenvalue weighted by Crippen LogP contribution is -2.38. The van der Waals surface area contributed by atoms with Crippen LogP contribution in [-0.4, -0.2) is 67.2 Å². The molecule has 1 aromatic carbocycles. The molecule has 0 saturated carbocycles. The highest BCUT2D eigenvalue weighted by atomic mass is 16.5. The van der Waals surface area contributed by atoms with Crippen molar-refractivity contribution in [3.05, 3.63) is 41.6 Å². The summed E-state index contributed by atoms with van der Waals surface area (Å²) in [4.78, 5) is 14.4. The topological polar surface area (TPSA) is 65.8 Å². The Morgan fingerprint density at radius 1 is 1.22 bits per heavy atom. The van der Waals surface area contributed by atoms with E-state index in [4.69, 9.17) is 14.2 Å². The van der Waals surface area contributed by atoms with Crippen molar-refractivity contribution in [2.24, 2.45) is 0 Å². The van der Waals surface area contributed by atoms with Crippen molar-refractivity contribution in [2.45, 2.75) is 19.8 Å². The minimum Gasteiger partial charge on any atom is -0.476 e. The number of ether oxygens (including phenoxy) is 3. The van der Waals surface area contributed by atoms with Crippen LogP contribution < -0.4 is 4.74 Å². The molecule has 7 nitrogen and oxygen atoms in total. The van der Waals surface area contributed by atoms with E-state index in [2.05, 4.69) is 36.0 Å². The summed E-state index contributed by atoms with van der Waals surface area (Å²) in [6.07, 6.45) is 1.49. The molecule has 3 rings (SSSR count). The molecule has 0 bridgehead atoms. The van der Waals surface area contributed by atoms with Gasteiger partial charge in [0.1, 0.15) is 12.2 Å². The molecule has 0 aliphatic carbocycles. The summed E-state index contributed by atoms with van der Waals surface area (Å²) < 4.78 is 17.9. The lowest BCUT2D eigenvalue weighted by molar-refractivity contribution is 0.0317. The SMILES string of the molecule is COC(=O)c1cnn(-c2ccc(C(C)C)cc2)c1OCCN1CCOCC1. The molecule has 0 radical (unpaired) electrons. The van der Waals surface area contributed by atoms with Crippen molar-refractivity contribution in [2.75, 3.05) is 46.6 Å². The second-order valence-electron chi connectivity index (χ2n) is 6.82. The average Bonchev–Trinajstić information content (AvgIpc) is 3.12. The van der Waals surface area contributed by atoms with E-state index in [1.54, 1.807) is 4.68 Å². The predicted octanol–water partition coefficient (Wildman–Crippen LogP) is 2.49. The standard InChI is InChI=1S/C20H27N3O4/c1-15(2)16-4-6-17(7-5-16)23-19(18(14-21-23)20(24)25-3)27-13-10-22-8-11-26-12-9-22/h4-7,14-15H,8-13H2,1-3H3. The number of benzene rings is 1. The average molecular weight is 373 g/mol. The molecular formula is C20H27N3O4. The van der Waals surface area contributed by atoms with Crippen LogP contribution in [0.2, 0.25) is 0 Å². The third-order valence-electron chi connectivity index (χ3n) is 4.68. The number of aromatic nitrogens is 2. The van der Waals surface area contributed by atoms with Crippen LogP contribution in [0.5, 0.6) is 5.88 Å². The van der Waals surface area contributed by atoms with Crippen LogP contribution >= 0.6 is 0 Å². The quantitative estimate of drug-likeness (QED) is 0.695. The fourth-order valence-electron chi connectivity index (χ4n) is 3.01. The molecule has 27 heavy (non-hydrogen) atoms. The van der Waals surface area contributed by atoms with Gasteiger partial charge in [0, 0.05) is 19.6 Å². The van der Waals surface area contributed by atoms with Crippen molar-refractivity contribution in [1.82, 2.24) is 14.7 Å². The summed E-state index contributed by atoms with van der Waals surface area (Å²) in [6, 6.07) is 8.10. The highest BCUT2D eigenvalue weighted by Crippen LogP contribution is 2.25. The monoisotopic (exact) mass is 373 g/mol. The summed E-state index contributed by atoms with van der Waals surface area (Å²) in [5.41, 5.74) is 2.41. The van der Waals surface area contributed by atoms with Crippen LogP contribution in [0, 0.1) is 0 Å². The van der Waals surface area contributed by atoms with Crippen molar-refractivity contribution in [3.63, 3.8) is 0 Å². The van der Waals surface area contributed by atoms with Gasteiger partial charge in [0.2, 0.25) is 5.88 Å². The molecule has 0 atom stereocenters. The van der Waals surface area contributed by atoms with E-state index in [0.29, 0.717) is 24.0 Å². The Morgan fingerprint density at radius 3 is 2.56 bits per heavy atom. The highest BCUT2D eigenvalue weighted by molar-refractivity contribution is 5.91. The fourth-order valence-corrected chi connectivity index (χ4v) is 3.01. The first kappa shape index (κ1) is 19.4. The molecular weight excluding hydrogens is 346 g/mol. The summed E-state index contributed by atoms with van der Waals surface area (Å²) in [5, 5.41) is 4.35. The van der Waals surface area contributed by atoms with Gasteiger partial charge in [0.05, 0.1) is 32.2 Å². The number of esters is 1. The molecule has 2 aromatic rings. The van der Waals surface area contributed by atoms with E-state index in [1.165, 1.54) is 18.9 Å². The molecule has 0 unspecified atom stereocenters. The number of carbonyl (C=O) groups is 1. The van der Waals surface area contributed by atoms with Gasteiger partial charge in [-0.1, -0.05) is 26.0 Å². The molecule has 1 fully saturated rings. The summed E-state index contributed by atoms with van der Waals surface area (Å²) in [6.45, 7) is 8.80. The normalized spacial score (nSPS) is 15.1. The van der Waals surface area contributed by atoms with Crippen LogP contribution in [-0.2, 0) is 9.47 Å². The van der Waals surface area contributed by atoms with Gasteiger partial charge in [-0.15, -0.1) is 0 Å². The van der Waals surface area contributed by atoms with E-state index >= 15 is 0 Å². The fraction of sp³-hybridized carbons (Fsp3) is 0.500. The maximum Gasteiger partial charge on any atom is 0.345 e. The van der Waals surface area contributed by atoms with E-state index < -0.39 is 5.97 Å². The van der Waals surface area contributed by atoms with Crippen LogP contribution in [0.25, 0.3) is 5.69 Å². The minimum absolute atomic E-state index is 0.326. The second kappa shape index (κ2) is 9.01. The molecule has 7 heteroatoms. The molecule has 2 heterocycles. The molecule has 1 aromatic heterocycles. The van der Waals surface area contributed by atoms with Gasteiger partial charge in [0.15, 0.2) is 0 Å². The van der Waals surface area contributed by atoms with Gasteiger partial charge in [-0.25, -0.2) is 9.48 Å². The number of morpholine rings is 1. The Balaban J connectivity index is 1.78. The number of methoxy groups -OCH3 is 1. The smallest absolute Gasteiger partial charge is 0.345 e. The Labute approximate surface area is 159 Å². The molecule has 1 saturated heterocycles. The van der Waals surface area contributed by atoms with E-state index in [1.807, 2.05) is 12.1 Å². The Hall–Kier alpha value is -2.38. The van der Waals surface area contributed by atoms with Crippen LogP contribution in [0.4, 0.5) is 0 Å². The number of hydrogen-bond donors (Lipinski definition) is 0. The molecule has 0 spiro atoms. The summed E-state index contributed by atoms with van der Waals surface area (Å²) in [5.74, 6) is 0.403. The highest BCUT2D eigenvalue weighted by Gasteiger charge is 2.21. The molecule has 0 amide bonds. The zero-order valence-electron chi connectivity index (χ0n) is 16.2. The third-order valence-corrected chi connectivity index (χ3v) is 4.68. The van der Waals surface area contributed by atoms with Gasteiger partial charge < -0.3 is 14.2 Å². The number of rotatable bonds is 7. The molecule has 146 valence electrons. The maximum atomic E-state index is 12.1.